The third-order valence-electron chi connectivity index (χ3n) is 1.88. The van der Waals surface area contributed by atoms with Gasteiger partial charge in [-0.2, -0.15) is 0 Å². The van der Waals surface area contributed by atoms with Crippen molar-refractivity contribution in [1.29, 1.82) is 0 Å². The lowest BCUT2D eigenvalue weighted by Crippen LogP contribution is -1.77. The van der Waals surface area contributed by atoms with Crippen LogP contribution >= 0.6 is 27.3 Å². The molecular weight excluding hydrogens is 281 g/mol. The van der Waals surface area contributed by atoms with Gasteiger partial charge in [0.05, 0.1) is 11.5 Å². The summed E-state index contributed by atoms with van der Waals surface area (Å²) >= 11 is 4.64. The summed E-state index contributed by atoms with van der Waals surface area (Å²) in [6, 6.07) is 6.12. The highest BCUT2D eigenvalue weighted by Gasteiger charge is 2.09. The van der Waals surface area contributed by atoms with Gasteiger partial charge in [0.15, 0.2) is 0 Å². The third kappa shape index (κ3) is 2.25. The Morgan fingerprint density at radius 3 is 2.53 bits per heavy atom. The van der Waals surface area contributed by atoms with Crippen molar-refractivity contribution in [3.63, 3.8) is 0 Å². The lowest BCUT2D eigenvalue weighted by atomic mass is 10.2. The van der Waals surface area contributed by atoms with Crippen molar-refractivity contribution in [3.8, 4) is 10.6 Å². The molecule has 2 rings (SSSR count). The van der Waals surface area contributed by atoms with Crippen LogP contribution in [0, 0.1) is 5.82 Å². The number of hydrogen-bond acceptors (Lipinski definition) is 3. The molecule has 0 aliphatic carbocycles. The average molecular weight is 288 g/mol. The first-order valence-electron chi connectivity index (χ1n) is 4.22. The SMILES string of the molecule is OCc1sc(-c2ccc(F)cc2)nc1Br. The molecule has 0 bridgehead atoms. The van der Waals surface area contributed by atoms with E-state index < -0.39 is 0 Å². The highest BCUT2D eigenvalue weighted by Crippen LogP contribution is 2.30. The van der Waals surface area contributed by atoms with E-state index in [4.69, 9.17) is 5.11 Å². The van der Waals surface area contributed by atoms with Gasteiger partial charge in [-0.3, -0.25) is 0 Å². The van der Waals surface area contributed by atoms with Crippen molar-refractivity contribution in [3.05, 3.63) is 39.6 Å². The van der Waals surface area contributed by atoms with E-state index in [2.05, 4.69) is 20.9 Å². The number of rotatable bonds is 2. The smallest absolute Gasteiger partial charge is 0.125 e. The van der Waals surface area contributed by atoms with E-state index in [9.17, 15) is 4.39 Å². The topological polar surface area (TPSA) is 33.1 Å². The van der Waals surface area contributed by atoms with Crippen LogP contribution < -0.4 is 0 Å². The standard InChI is InChI=1S/C10H7BrFNOS/c11-9-8(5-14)15-10(13-9)6-1-3-7(12)4-2-6/h1-4,14H,5H2. The van der Waals surface area contributed by atoms with E-state index in [0.29, 0.717) is 4.60 Å². The highest BCUT2D eigenvalue weighted by atomic mass is 79.9. The van der Waals surface area contributed by atoms with Crippen LogP contribution in [0.4, 0.5) is 4.39 Å². The molecule has 1 N–H and O–H groups in total. The second-order valence-corrected chi connectivity index (χ2v) is 4.73. The van der Waals surface area contributed by atoms with E-state index in [0.717, 1.165) is 15.4 Å². The molecule has 0 spiro atoms. The van der Waals surface area contributed by atoms with Crippen LogP contribution in [0.1, 0.15) is 4.88 Å². The van der Waals surface area contributed by atoms with Gasteiger partial charge in [-0.25, -0.2) is 9.37 Å². The number of aliphatic hydroxyl groups is 1. The summed E-state index contributed by atoms with van der Waals surface area (Å²) in [6.45, 7) is -0.0422. The Labute approximate surface area is 98.5 Å². The Kier molecular flexibility index (Phi) is 3.14. The maximum absolute atomic E-state index is 12.7. The van der Waals surface area contributed by atoms with Crippen LogP contribution in [-0.2, 0) is 6.61 Å². The number of thiazole rings is 1. The number of hydrogen-bond donors (Lipinski definition) is 1. The Hall–Kier alpha value is -0.780. The van der Waals surface area contributed by atoms with Crippen molar-refractivity contribution >= 4 is 27.3 Å². The molecule has 0 saturated heterocycles. The maximum Gasteiger partial charge on any atom is 0.125 e. The summed E-state index contributed by atoms with van der Waals surface area (Å²) in [6.07, 6.45) is 0. The molecule has 0 aliphatic rings. The normalized spacial score (nSPS) is 10.6. The maximum atomic E-state index is 12.7. The van der Waals surface area contributed by atoms with E-state index in [1.165, 1.54) is 23.5 Å². The molecule has 2 nitrogen and oxygen atoms in total. The predicted molar refractivity (Wildman–Crippen MR) is 61.1 cm³/mol. The second-order valence-electron chi connectivity index (χ2n) is 2.90. The van der Waals surface area contributed by atoms with E-state index in [-0.39, 0.29) is 12.4 Å². The number of benzene rings is 1. The summed E-state index contributed by atoms with van der Waals surface area (Å²) in [5.74, 6) is -0.267. The summed E-state index contributed by atoms with van der Waals surface area (Å²) in [5, 5.41) is 9.77. The summed E-state index contributed by atoms with van der Waals surface area (Å²) in [4.78, 5) is 5.01. The summed E-state index contributed by atoms with van der Waals surface area (Å²) in [5.41, 5.74) is 0.849. The van der Waals surface area contributed by atoms with Crippen molar-refractivity contribution in [2.24, 2.45) is 0 Å². The van der Waals surface area contributed by atoms with Gasteiger partial charge < -0.3 is 5.11 Å². The van der Waals surface area contributed by atoms with Gasteiger partial charge in [0.25, 0.3) is 0 Å². The fourth-order valence-electron chi connectivity index (χ4n) is 1.15. The highest BCUT2D eigenvalue weighted by molar-refractivity contribution is 9.10. The van der Waals surface area contributed by atoms with Crippen LogP contribution in [0.5, 0.6) is 0 Å². The van der Waals surface area contributed by atoms with Crippen LogP contribution in [-0.4, -0.2) is 10.1 Å². The lowest BCUT2D eigenvalue weighted by molar-refractivity contribution is 0.284. The largest absolute Gasteiger partial charge is 0.391 e. The van der Waals surface area contributed by atoms with E-state index in [1.807, 2.05) is 0 Å². The molecule has 1 aromatic heterocycles. The molecule has 1 heterocycles. The van der Waals surface area contributed by atoms with E-state index in [1.54, 1.807) is 12.1 Å². The minimum Gasteiger partial charge on any atom is -0.391 e. The molecule has 0 radical (unpaired) electrons. The molecule has 2 aromatic rings. The van der Waals surface area contributed by atoms with Gasteiger partial charge >= 0.3 is 0 Å². The van der Waals surface area contributed by atoms with E-state index >= 15 is 0 Å². The zero-order valence-corrected chi connectivity index (χ0v) is 9.98. The van der Waals surface area contributed by atoms with Crippen molar-refractivity contribution in [2.75, 3.05) is 0 Å². The Morgan fingerprint density at radius 2 is 2.00 bits per heavy atom. The first kappa shape index (κ1) is 10.7. The van der Waals surface area contributed by atoms with Crippen LogP contribution in [0.2, 0.25) is 0 Å². The second kappa shape index (κ2) is 4.38. The van der Waals surface area contributed by atoms with Gasteiger partial charge in [0.1, 0.15) is 15.4 Å². The first-order valence-corrected chi connectivity index (χ1v) is 5.83. The summed E-state index contributed by atoms with van der Waals surface area (Å²) in [7, 11) is 0. The summed E-state index contributed by atoms with van der Waals surface area (Å²) < 4.78 is 13.3. The molecule has 15 heavy (non-hydrogen) atoms. The Morgan fingerprint density at radius 1 is 1.33 bits per heavy atom. The quantitative estimate of drug-likeness (QED) is 0.920. The van der Waals surface area contributed by atoms with Gasteiger partial charge in [0.2, 0.25) is 0 Å². The van der Waals surface area contributed by atoms with Gasteiger partial charge in [0, 0.05) is 5.56 Å². The van der Waals surface area contributed by atoms with Gasteiger partial charge in [-0.1, -0.05) is 0 Å². The van der Waals surface area contributed by atoms with Crippen molar-refractivity contribution in [1.82, 2.24) is 4.98 Å². The fourth-order valence-corrected chi connectivity index (χ4v) is 2.63. The van der Waals surface area contributed by atoms with Crippen LogP contribution in [0.15, 0.2) is 28.9 Å². The average Bonchev–Trinajstić information content (AvgIpc) is 2.61. The minimum atomic E-state index is -0.267. The van der Waals surface area contributed by atoms with Gasteiger partial charge in [-0.15, -0.1) is 11.3 Å². The molecule has 0 atom stereocenters. The van der Waals surface area contributed by atoms with Gasteiger partial charge in [-0.05, 0) is 40.2 Å². The van der Waals surface area contributed by atoms with Crippen molar-refractivity contribution < 1.29 is 9.50 Å². The Balaban J connectivity index is 2.41. The number of halogens is 2. The van der Waals surface area contributed by atoms with Crippen LogP contribution in [0.3, 0.4) is 0 Å². The lowest BCUT2D eigenvalue weighted by Gasteiger charge is -1.94. The fraction of sp³-hybridized carbons (Fsp3) is 0.100. The number of aliphatic hydroxyl groups excluding tert-OH is 1. The molecule has 0 saturated carbocycles. The molecule has 5 heteroatoms. The zero-order valence-electron chi connectivity index (χ0n) is 7.58. The zero-order chi connectivity index (χ0) is 10.8. The van der Waals surface area contributed by atoms with Crippen molar-refractivity contribution in [2.45, 2.75) is 6.61 Å². The molecular formula is C10H7BrFNOS. The predicted octanol–water partition coefficient (Wildman–Crippen LogP) is 3.20. The Bertz CT molecular complexity index is 469. The molecule has 1 aromatic carbocycles. The monoisotopic (exact) mass is 287 g/mol. The first-order chi connectivity index (χ1) is 7.20. The molecule has 0 unspecified atom stereocenters. The third-order valence-corrected chi connectivity index (χ3v) is 3.89. The number of nitrogens with zero attached hydrogens (tertiary/aromatic N) is 1. The molecule has 78 valence electrons. The van der Waals surface area contributed by atoms with Crippen LogP contribution in [0.25, 0.3) is 10.6 Å². The molecule has 0 aliphatic heterocycles. The molecule has 0 amide bonds. The molecule has 0 fully saturated rings. The number of aromatic nitrogens is 1. The minimum absolute atomic E-state index is 0.0422.